The number of anilines is 2. The first-order chi connectivity index (χ1) is 9.61. The number of hydrogen-bond acceptors (Lipinski definition) is 3. The van der Waals surface area contributed by atoms with Crippen molar-refractivity contribution in [1.29, 1.82) is 0 Å². The zero-order valence-electron chi connectivity index (χ0n) is 10.8. The third kappa shape index (κ3) is 3.40. The smallest absolute Gasteiger partial charge is 0.257 e. The van der Waals surface area contributed by atoms with Crippen LogP contribution in [-0.2, 0) is 0 Å². The molecule has 0 radical (unpaired) electrons. The van der Waals surface area contributed by atoms with Crippen molar-refractivity contribution in [3.63, 3.8) is 0 Å². The highest BCUT2D eigenvalue weighted by molar-refractivity contribution is 6.42. The number of halogens is 2. The summed E-state index contributed by atoms with van der Waals surface area (Å²) in [5.41, 5.74) is 1.80. The lowest BCUT2D eigenvalue weighted by atomic mass is 10.2. The first kappa shape index (κ1) is 14.6. The minimum absolute atomic E-state index is 0.235. The van der Waals surface area contributed by atoms with Crippen LogP contribution in [0.5, 0.6) is 0 Å². The predicted octanol–water partition coefficient (Wildman–Crippen LogP) is 4.07. The second-order valence-corrected chi connectivity index (χ2v) is 4.85. The van der Waals surface area contributed by atoms with E-state index in [9.17, 15) is 4.79 Å². The zero-order chi connectivity index (χ0) is 14.5. The number of carbonyl (C=O) groups excluding carboxylic acids is 1. The lowest BCUT2D eigenvalue weighted by Crippen LogP contribution is -2.15. The summed E-state index contributed by atoms with van der Waals surface area (Å²) in [7, 11) is 0. The van der Waals surface area contributed by atoms with Gasteiger partial charge in [-0.3, -0.25) is 9.78 Å². The fourth-order valence-corrected chi connectivity index (χ4v) is 1.99. The number of amides is 1. The average molecular weight is 310 g/mol. The Bertz CT molecular complexity index is 632. The van der Waals surface area contributed by atoms with E-state index >= 15 is 0 Å². The van der Waals surface area contributed by atoms with Gasteiger partial charge in [0.25, 0.3) is 5.91 Å². The highest BCUT2D eigenvalue weighted by atomic mass is 35.5. The summed E-state index contributed by atoms with van der Waals surface area (Å²) in [4.78, 5) is 16.2. The van der Waals surface area contributed by atoms with Crippen molar-refractivity contribution in [1.82, 2.24) is 4.98 Å². The van der Waals surface area contributed by atoms with E-state index < -0.39 is 0 Å². The summed E-state index contributed by atoms with van der Waals surface area (Å²) >= 11 is 11.8. The third-order valence-electron chi connectivity index (χ3n) is 2.61. The Morgan fingerprint density at radius 1 is 1.25 bits per heavy atom. The fourth-order valence-electron chi connectivity index (χ4n) is 1.70. The normalized spacial score (nSPS) is 10.2. The number of pyridine rings is 1. The molecule has 1 aromatic carbocycles. The SMILES string of the molecule is CCNc1cnccc1C(=O)Nc1ccc(Cl)c(Cl)c1. The molecule has 0 aliphatic carbocycles. The summed E-state index contributed by atoms with van der Waals surface area (Å²) in [5.74, 6) is -0.235. The Labute approximate surface area is 127 Å². The summed E-state index contributed by atoms with van der Waals surface area (Å²) in [6.07, 6.45) is 3.19. The van der Waals surface area contributed by atoms with Gasteiger partial charge in [0.1, 0.15) is 0 Å². The first-order valence-electron chi connectivity index (χ1n) is 6.06. The summed E-state index contributed by atoms with van der Waals surface area (Å²) < 4.78 is 0. The maximum absolute atomic E-state index is 12.3. The molecule has 1 heterocycles. The molecular weight excluding hydrogens is 297 g/mol. The van der Waals surface area contributed by atoms with E-state index in [0.717, 1.165) is 0 Å². The molecule has 0 aliphatic rings. The van der Waals surface area contributed by atoms with Crippen LogP contribution in [0.3, 0.4) is 0 Å². The zero-order valence-corrected chi connectivity index (χ0v) is 12.3. The maximum atomic E-state index is 12.3. The molecule has 0 unspecified atom stereocenters. The van der Waals surface area contributed by atoms with Crippen LogP contribution in [-0.4, -0.2) is 17.4 Å². The molecule has 0 bridgehead atoms. The van der Waals surface area contributed by atoms with Gasteiger partial charge in [-0.2, -0.15) is 0 Å². The van der Waals surface area contributed by atoms with Gasteiger partial charge in [0.05, 0.1) is 27.5 Å². The quantitative estimate of drug-likeness (QED) is 0.895. The molecule has 2 aromatic rings. The molecule has 20 heavy (non-hydrogen) atoms. The third-order valence-corrected chi connectivity index (χ3v) is 3.35. The number of benzene rings is 1. The van der Waals surface area contributed by atoms with Crippen molar-refractivity contribution in [2.45, 2.75) is 6.92 Å². The second kappa shape index (κ2) is 6.59. The van der Waals surface area contributed by atoms with Crippen molar-refractivity contribution in [2.24, 2.45) is 0 Å². The summed E-state index contributed by atoms with van der Waals surface area (Å²) in [6.45, 7) is 2.66. The molecule has 0 fully saturated rings. The van der Waals surface area contributed by atoms with Gasteiger partial charge in [-0.05, 0) is 31.2 Å². The van der Waals surface area contributed by atoms with Crippen LogP contribution in [0.1, 0.15) is 17.3 Å². The van der Waals surface area contributed by atoms with Crippen LogP contribution < -0.4 is 10.6 Å². The monoisotopic (exact) mass is 309 g/mol. The van der Waals surface area contributed by atoms with Crippen molar-refractivity contribution in [2.75, 3.05) is 17.2 Å². The van der Waals surface area contributed by atoms with Gasteiger partial charge in [-0.15, -0.1) is 0 Å². The molecule has 2 N–H and O–H groups in total. The van der Waals surface area contributed by atoms with Crippen molar-refractivity contribution < 1.29 is 4.79 Å². The molecule has 0 spiro atoms. The van der Waals surface area contributed by atoms with E-state index in [4.69, 9.17) is 23.2 Å². The Kier molecular flexibility index (Phi) is 4.82. The van der Waals surface area contributed by atoms with E-state index in [2.05, 4.69) is 15.6 Å². The Morgan fingerprint density at radius 2 is 2.05 bits per heavy atom. The van der Waals surface area contributed by atoms with E-state index in [-0.39, 0.29) is 5.91 Å². The van der Waals surface area contributed by atoms with E-state index in [1.54, 1.807) is 36.7 Å². The molecule has 0 atom stereocenters. The molecule has 4 nitrogen and oxygen atoms in total. The van der Waals surface area contributed by atoms with Gasteiger partial charge in [0.2, 0.25) is 0 Å². The topological polar surface area (TPSA) is 54.0 Å². The van der Waals surface area contributed by atoms with Gasteiger partial charge in [0, 0.05) is 18.4 Å². The molecule has 104 valence electrons. The summed E-state index contributed by atoms with van der Waals surface area (Å²) in [6, 6.07) is 6.60. The lowest BCUT2D eigenvalue weighted by molar-refractivity contribution is 0.102. The molecule has 0 aliphatic heterocycles. The van der Waals surface area contributed by atoms with E-state index in [1.165, 1.54) is 0 Å². The van der Waals surface area contributed by atoms with Gasteiger partial charge < -0.3 is 10.6 Å². The average Bonchev–Trinajstić information content (AvgIpc) is 2.44. The van der Waals surface area contributed by atoms with Crippen molar-refractivity contribution in [3.8, 4) is 0 Å². The highest BCUT2D eigenvalue weighted by Crippen LogP contribution is 2.25. The van der Waals surface area contributed by atoms with Crippen LogP contribution >= 0.6 is 23.2 Å². The number of hydrogen-bond donors (Lipinski definition) is 2. The molecule has 0 saturated carbocycles. The van der Waals surface area contributed by atoms with Gasteiger partial charge in [0.15, 0.2) is 0 Å². The van der Waals surface area contributed by atoms with Crippen LogP contribution in [0.2, 0.25) is 10.0 Å². The standard InChI is InChI=1S/C14H13Cl2N3O/c1-2-18-13-8-17-6-5-10(13)14(20)19-9-3-4-11(15)12(16)7-9/h3-8,18H,2H2,1H3,(H,19,20). The molecule has 1 amide bonds. The van der Waals surface area contributed by atoms with E-state index in [0.29, 0.717) is 33.5 Å². The first-order valence-corrected chi connectivity index (χ1v) is 6.81. The number of aromatic nitrogens is 1. The Hall–Kier alpha value is -1.78. The minimum atomic E-state index is -0.235. The Morgan fingerprint density at radius 3 is 2.75 bits per heavy atom. The van der Waals surface area contributed by atoms with Crippen LogP contribution in [0, 0.1) is 0 Å². The highest BCUT2D eigenvalue weighted by Gasteiger charge is 2.11. The minimum Gasteiger partial charge on any atom is -0.383 e. The van der Waals surface area contributed by atoms with Gasteiger partial charge >= 0.3 is 0 Å². The number of rotatable bonds is 4. The predicted molar refractivity (Wildman–Crippen MR) is 82.8 cm³/mol. The van der Waals surface area contributed by atoms with Crippen LogP contribution in [0.15, 0.2) is 36.7 Å². The van der Waals surface area contributed by atoms with Crippen LogP contribution in [0.4, 0.5) is 11.4 Å². The van der Waals surface area contributed by atoms with Crippen molar-refractivity contribution in [3.05, 3.63) is 52.3 Å². The lowest BCUT2D eigenvalue weighted by Gasteiger charge is -2.10. The van der Waals surface area contributed by atoms with Crippen molar-refractivity contribution >= 4 is 40.5 Å². The molecular formula is C14H13Cl2N3O. The maximum Gasteiger partial charge on any atom is 0.257 e. The fraction of sp³-hybridized carbons (Fsp3) is 0.143. The molecule has 6 heteroatoms. The number of carbonyl (C=O) groups is 1. The molecule has 0 saturated heterocycles. The largest absolute Gasteiger partial charge is 0.383 e. The second-order valence-electron chi connectivity index (χ2n) is 4.03. The summed E-state index contributed by atoms with van der Waals surface area (Å²) in [5, 5.41) is 6.71. The number of nitrogens with zero attached hydrogens (tertiary/aromatic N) is 1. The Balaban J connectivity index is 2.21. The molecule has 2 rings (SSSR count). The van der Waals surface area contributed by atoms with Gasteiger partial charge in [-0.25, -0.2) is 0 Å². The van der Waals surface area contributed by atoms with Crippen LogP contribution in [0.25, 0.3) is 0 Å². The number of nitrogens with one attached hydrogen (secondary N) is 2. The van der Waals surface area contributed by atoms with Gasteiger partial charge in [-0.1, -0.05) is 23.2 Å². The molecule has 1 aromatic heterocycles. The van der Waals surface area contributed by atoms with E-state index in [1.807, 2.05) is 6.92 Å².